The largest absolute Gasteiger partial charge is 0.506 e. The molecule has 1 heterocycles. The van der Waals surface area contributed by atoms with Crippen LogP contribution in [0.3, 0.4) is 0 Å². The minimum Gasteiger partial charge on any atom is -0.506 e. The maximum absolute atomic E-state index is 13.3. The summed E-state index contributed by atoms with van der Waals surface area (Å²) in [7, 11) is 0. The molecule has 226 valence electrons. The number of phenols is 1. The van der Waals surface area contributed by atoms with E-state index in [0.29, 0.717) is 62.8 Å². The van der Waals surface area contributed by atoms with E-state index >= 15 is 0 Å². The first kappa shape index (κ1) is 31.1. The number of carbonyl (C=O) groups is 2. The standard InChI is InChI=1S/C32H43N5O5/c33-15-11-27(34)25-6-4-5-23(21-25)13-19-41-20-14-30(40)37(26-7-2-1-3-8-26)18-17-35-16-12-24-9-10-28(38)31-32(24)42-22-29(39)36-31/h4-6,9-11,15,21,26,33,35,38H,1-3,7-8,12-14,16-20,22,34H2,(H,36,39). The first-order valence-electron chi connectivity index (χ1n) is 14.9. The smallest absolute Gasteiger partial charge is 0.262 e. The fraction of sp³-hybridized carbons (Fsp3) is 0.469. The Balaban J connectivity index is 1.21. The van der Waals surface area contributed by atoms with Crippen molar-refractivity contribution >= 4 is 29.4 Å². The van der Waals surface area contributed by atoms with Crippen LogP contribution in [0.4, 0.5) is 5.69 Å². The van der Waals surface area contributed by atoms with E-state index in [1.807, 2.05) is 35.2 Å². The SMILES string of the molecule is N=CC=C(N)c1cccc(CCOCCC(=O)N(CCNCCc2ccc(O)c3c2OCC(=O)N3)C2CCCCC2)c1. The number of fused-ring (bicyclic) bond motifs is 1. The van der Waals surface area contributed by atoms with Crippen LogP contribution in [0, 0.1) is 5.41 Å². The molecule has 1 aliphatic carbocycles. The summed E-state index contributed by atoms with van der Waals surface area (Å²) in [6.45, 7) is 2.82. The van der Waals surface area contributed by atoms with Gasteiger partial charge in [0.2, 0.25) is 5.91 Å². The van der Waals surface area contributed by atoms with Crippen molar-refractivity contribution in [3.05, 3.63) is 59.2 Å². The molecule has 6 N–H and O–H groups in total. The molecule has 2 amide bonds. The molecule has 0 spiro atoms. The highest BCUT2D eigenvalue weighted by molar-refractivity contribution is 5.97. The fourth-order valence-corrected chi connectivity index (χ4v) is 5.55. The van der Waals surface area contributed by atoms with Crippen LogP contribution >= 0.6 is 0 Å². The Morgan fingerprint density at radius 3 is 2.81 bits per heavy atom. The van der Waals surface area contributed by atoms with Crippen molar-refractivity contribution in [2.75, 3.05) is 44.8 Å². The Morgan fingerprint density at radius 1 is 1.17 bits per heavy atom. The van der Waals surface area contributed by atoms with Gasteiger partial charge >= 0.3 is 0 Å². The lowest BCUT2D eigenvalue weighted by Crippen LogP contribution is -2.45. The molecule has 0 aromatic heterocycles. The topological polar surface area (TPSA) is 150 Å². The summed E-state index contributed by atoms with van der Waals surface area (Å²) < 4.78 is 11.4. The highest BCUT2D eigenvalue weighted by Crippen LogP contribution is 2.39. The maximum atomic E-state index is 13.3. The summed E-state index contributed by atoms with van der Waals surface area (Å²) in [4.78, 5) is 26.9. The van der Waals surface area contributed by atoms with Gasteiger partial charge in [-0.05, 0) is 67.1 Å². The van der Waals surface area contributed by atoms with Crippen molar-refractivity contribution in [2.45, 2.75) is 57.4 Å². The average Bonchev–Trinajstić information content (AvgIpc) is 3.00. The zero-order chi connectivity index (χ0) is 29.7. The van der Waals surface area contributed by atoms with Crippen molar-refractivity contribution in [1.82, 2.24) is 10.2 Å². The third kappa shape index (κ3) is 8.80. The summed E-state index contributed by atoms with van der Waals surface area (Å²) in [6, 6.07) is 11.5. The molecule has 0 saturated heterocycles. The number of nitrogens with zero attached hydrogens (tertiary/aromatic N) is 1. The Morgan fingerprint density at radius 2 is 2.00 bits per heavy atom. The number of aromatic hydroxyl groups is 1. The van der Waals surface area contributed by atoms with E-state index in [-0.39, 0.29) is 30.2 Å². The van der Waals surface area contributed by atoms with Gasteiger partial charge < -0.3 is 41.3 Å². The predicted molar refractivity (Wildman–Crippen MR) is 164 cm³/mol. The summed E-state index contributed by atoms with van der Waals surface area (Å²) >= 11 is 0. The number of ether oxygens (including phenoxy) is 2. The number of anilines is 1. The van der Waals surface area contributed by atoms with Gasteiger partial charge in [0.1, 0.15) is 11.4 Å². The molecule has 0 radical (unpaired) electrons. The third-order valence-electron chi connectivity index (χ3n) is 7.78. The summed E-state index contributed by atoms with van der Waals surface area (Å²) in [5.74, 6) is 0.362. The first-order valence-corrected chi connectivity index (χ1v) is 14.9. The van der Waals surface area contributed by atoms with Crippen LogP contribution in [-0.2, 0) is 27.2 Å². The summed E-state index contributed by atoms with van der Waals surface area (Å²) in [6.07, 6.45) is 10.1. The Labute approximate surface area is 247 Å². The number of hydrogen-bond acceptors (Lipinski definition) is 8. The van der Waals surface area contributed by atoms with Crippen LogP contribution in [0.15, 0.2) is 42.5 Å². The van der Waals surface area contributed by atoms with E-state index in [1.54, 1.807) is 12.1 Å². The average molecular weight is 578 g/mol. The second-order valence-corrected chi connectivity index (χ2v) is 10.8. The van der Waals surface area contributed by atoms with Crippen LogP contribution < -0.4 is 21.1 Å². The van der Waals surface area contributed by atoms with E-state index in [2.05, 4.69) is 10.6 Å². The Hall–Kier alpha value is -3.89. The van der Waals surface area contributed by atoms with Gasteiger partial charge in [-0.15, -0.1) is 0 Å². The van der Waals surface area contributed by atoms with E-state index in [1.165, 1.54) is 12.6 Å². The summed E-state index contributed by atoms with van der Waals surface area (Å²) in [5.41, 5.74) is 9.76. The molecule has 10 heteroatoms. The lowest BCUT2D eigenvalue weighted by molar-refractivity contribution is -0.135. The van der Waals surface area contributed by atoms with Crippen molar-refractivity contribution in [3.8, 4) is 11.5 Å². The molecule has 1 aliphatic heterocycles. The number of hydrogen-bond donors (Lipinski definition) is 5. The molecule has 42 heavy (non-hydrogen) atoms. The minimum atomic E-state index is -0.282. The van der Waals surface area contributed by atoms with Gasteiger partial charge in [0.05, 0.1) is 19.6 Å². The molecular weight excluding hydrogens is 534 g/mol. The fourth-order valence-electron chi connectivity index (χ4n) is 5.55. The summed E-state index contributed by atoms with van der Waals surface area (Å²) in [5, 5.41) is 23.4. The monoisotopic (exact) mass is 577 g/mol. The quantitative estimate of drug-likeness (QED) is 0.123. The van der Waals surface area contributed by atoms with Crippen LogP contribution in [-0.4, -0.2) is 73.5 Å². The molecule has 1 fully saturated rings. The van der Waals surface area contributed by atoms with Crippen molar-refractivity contribution in [3.63, 3.8) is 0 Å². The van der Waals surface area contributed by atoms with E-state index in [9.17, 15) is 14.7 Å². The van der Waals surface area contributed by atoms with Gasteiger partial charge in [0, 0.05) is 31.0 Å². The number of phenolic OH excluding ortho intramolecular Hbond substituents is 1. The normalized spacial score (nSPS) is 15.4. The third-order valence-corrected chi connectivity index (χ3v) is 7.78. The maximum Gasteiger partial charge on any atom is 0.262 e. The van der Waals surface area contributed by atoms with Gasteiger partial charge in [-0.1, -0.05) is 43.5 Å². The second-order valence-electron chi connectivity index (χ2n) is 10.8. The molecule has 2 aromatic carbocycles. The van der Waals surface area contributed by atoms with Gasteiger partial charge in [0.25, 0.3) is 5.91 Å². The molecule has 2 aliphatic rings. The van der Waals surface area contributed by atoms with Crippen LogP contribution in [0.2, 0.25) is 0 Å². The van der Waals surface area contributed by atoms with Crippen molar-refractivity contribution < 1.29 is 24.2 Å². The molecule has 0 bridgehead atoms. The molecule has 0 atom stereocenters. The number of nitrogens with two attached hydrogens (primary N) is 1. The molecule has 4 rings (SSSR count). The highest BCUT2D eigenvalue weighted by Gasteiger charge is 2.25. The number of allylic oxidation sites excluding steroid dienone is 1. The minimum absolute atomic E-state index is 0.00708. The van der Waals surface area contributed by atoms with E-state index in [4.69, 9.17) is 20.6 Å². The number of rotatable bonds is 15. The lowest BCUT2D eigenvalue weighted by atomic mass is 9.94. The molecule has 1 saturated carbocycles. The highest BCUT2D eigenvalue weighted by atomic mass is 16.5. The molecule has 0 unspecified atom stereocenters. The van der Waals surface area contributed by atoms with Gasteiger partial charge in [-0.2, -0.15) is 0 Å². The van der Waals surface area contributed by atoms with E-state index in [0.717, 1.165) is 48.8 Å². The van der Waals surface area contributed by atoms with Crippen molar-refractivity contribution in [1.29, 1.82) is 5.41 Å². The van der Waals surface area contributed by atoms with Crippen LogP contribution in [0.25, 0.3) is 5.70 Å². The Bertz CT molecular complexity index is 1260. The number of benzene rings is 2. The van der Waals surface area contributed by atoms with Gasteiger partial charge in [-0.3, -0.25) is 9.59 Å². The number of nitrogens with one attached hydrogen (secondary N) is 3. The Kier molecular flexibility index (Phi) is 11.8. The second kappa shape index (κ2) is 15.9. The van der Waals surface area contributed by atoms with Crippen LogP contribution in [0.1, 0.15) is 55.2 Å². The zero-order valence-electron chi connectivity index (χ0n) is 24.2. The van der Waals surface area contributed by atoms with Crippen LogP contribution in [0.5, 0.6) is 11.5 Å². The number of carbonyl (C=O) groups excluding carboxylic acids is 2. The van der Waals surface area contributed by atoms with Crippen molar-refractivity contribution in [2.24, 2.45) is 5.73 Å². The first-order chi connectivity index (χ1) is 20.5. The lowest BCUT2D eigenvalue weighted by Gasteiger charge is -2.34. The van der Waals surface area contributed by atoms with Gasteiger partial charge in [0.15, 0.2) is 12.4 Å². The number of amides is 2. The predicted octanol–water partition coefficient (Wildman–Crippen LogP) is 3.62. The zero-order valence-corrected chi connectivity index (χ0v) is 24.2. The molecule has 2 aromatic rings. The molecule has 10 nitrogen and oxygen atoms in total. The van der Waals surface area contributed by atoms with Gasteiger partial charge in [-0.25, -0.2) is 0 Å². The van der Waals surface area contributed by atoms with E-state index < -0.39 is 0 Å². The molecular formula is C32H43N5O5.